The van der Waals surface area contributed by atoms with Crippen molar-refractivity contribution in [3.63, 3.8) is 0 Å². The molecule has 1 heterocycles. The van der Waals surface area contributed by atoms with Gasteiger partial charge in [0.2, 0.25) is 0 Å². The molecule has 1 aromatic heterocycles. The van der Waals surface area contributed by atoms with Crippen LogP contribution in [0.5, 0.6) is 0 Å². The van der Waals surface area contributed by atoms with Crippen molar-refractivity contribution in [2.75, 3.05) is 25.1 Å². The molecule has 0 fully saturated rings. The average molecular weight is 342 g/mol. The number of hydrogen-bond acceptors (Lipinski definition) is 5. The third-order valence-corrected chi connectivity index (χ3v) is 3.41. The summed E-state index contributed by atoms with van der Waals surface area (Å²) in [6.07, 6.45) is 1.39. The first-order chi connectivity index (χ1) is 11.7. The number of nitrogens with zero attached hydrogens (tertiary/aromatic N) is 2. The molecule has 0 spiro atoms. The van der Waals surface area contributed by atoms with E-state index in [4.69, 9.17) is 20.8 Å². The van der Waals surface area contributed by atoms with E-state index < -0.39 is 11.6 Å². The number of ether oxygens (including phenoxy) is 1. The predicted octanol–water partition coefficient (Wildman–Crippen LogP) is 3.46. The van der Waals surface area contributed by atoms with Gasteiger partial charge in [-0.1, -0.05) is 0 Å². The monoisotopic (exact) mass is 342 g/mol. The highest BCUT2D eigenvalue weighted by molar-refractivity contribution is 5.96. The van der Waals surface area contributed by atoms with E-state index in [2.05, 4.69) is 4.85 Å². The molecule has 132 valence electrons. The summed E-state index contributed by atoms with van der Waals surface area (Å²) in [7, 11) is 1.88. The normalized spacial score (nSPS) is 12.1. The van der Waals surface area contributed by atoms with Crippen molar-refractivity contribution in [2.24, 2.45) is 0 Å². The number of furan rings is 1. The maximum atomic E-state index is 12.0. The number of esters is 1. The van der Waals surface area contributed by atoms with Gasteiger partial charge in [-0.3, -0.25) is 4.79 Å². The molecule has 0 saturated heterocycles. The number of carbonyl (C=O) groups excluding carboxylic acids is 1. The Kier molecular flexibility index (Phi) is 5.50. The van der Waals surface area contributed by atoms with E-state index in [0.29, 0.717) is 17.9 Å². The van der Waals surface area contributed by atoms with Crippen molar-refractivity contribution in [2.45, 2.75) is 26.4 Å². The lowest BCUT2D eigenvalue weighted by Gasteiger charge is -2.19. The van der Waals surface area contributed by atoms with E-state index in [-0.39, 0.29) is 12.3 Å². The smallest absolute Gasteiger partial charge is 0.336 e. The lowest BCUT2D eigenvalue weighted by atomic mass is 10.2. The predicted molar refractivity (Wildman–Crippen MR) is 97.0 cm³/mol. The largest absolute Gasteiger partial charge is 0.465 e. The summed E-state index contributed by atoms with van der Waals surface area (Å²) in [4.78, 5) is 17.2. The van der Waals surface area contributed by atoms with Gasteiger partial charge in [-0.05, 0) is 45.0 Å². The Labute approximate surface area is 147 Å². The number of benzene rings is 1. The van der Waals surface area contributed by atoms with Gasteiger partial charge in [0.05, 0.1) is 13.2 Å². The molecular weight excluding hydrogens is 320 g/mol. The zero-order valence-electron chi connectivity index (χ0n) is 14.9. The molecule has 1 aromatic carbocycles. The molecule has 0 radical (unpaired) electrons. The minimum absolute atomic E-state index is 0.0604. The number of hydrogen-bond donors (Lipinski definition) is 1. The number of fused-ring (bicyclic) bond motifs is 1. The fourth-order valence-electron chi connectivity index (χ4n) is 2.23. The molecule has 25 heavy (non-hydrogen) atoms. The second-order valence-electron chi connectivity index (χ2n) is 6.66. The van der Waals surface area contributed by atoms with Crippen LogP contribution in [-0.4, -0.2) is 36.9 Å². The van der Waals surface area contributed by atoms with Crippen molar-refractivity contribution < 1.29 is 19.1 Å². The van der Waals surface area contributed by atoms with E-state index in [1.165, 1.54) is 6.08 Å². The quantitative estimate of drug-likeness (QED) is 0.512. The van der Waals surface area contributed by atoms with E-state index >= 15 is 0 Å². The maximum absolute atomic E-state index is 12.0. The fraction of sp³-hybridized carbons (Fsp3) is 0.368. The van der Waals surface area contributed by atoms with E-state index in [1.54, 1.807) is 26.8 Å². The summed E-state index contributed by atoms with van der Waals surface area (Å²) in [6.45, 7) is 13.0. The zero-order valence-corrected chi connectivity index (χ0v) is 14.9. The molecule has 0 aliphatic carbocycles. The fourth-order valence-corrected chi connectivity index (χ4v) is 2.23. The summed E-state index contributed by atoms with van der Waals surface area (Å²) in [6, 6.07) is 7.43. The van der Waals surface area contributed by atoms with Crippen LogP contribution in [0.4, 0.5) is 5.69 Å². The van der Waals surface area contributed by atoms with E-state index in [0.717, 1.165) is 11.1 Å². The first kappa shape index (κ1) is 18.6. The van der Waals surface area contributed by atoms with E-state index in [1.807, 2.05) is 30.1 Å². The van der Waals surface area contributed by atoms with Gasteiger partial charge in [0, 0.05) is 30.7 Å². The van der Waals surface area contributed by atoms with Gasteiger partial charge in [-0.25, -0.2) is 4.85 Å². The van der Waals surface area contributed by atoms with Crippen LogP contribution in [0.15, 0.2) is 34.4 Å². The molecule has 2 aromatic rings. The van der Waals surface area contributed by atoms with Gasteiger partial charge in [0.25, 0.3) is 5.70 Å². The number of anilines is 1. The summed E-state index contributed by atoms with van der Waals surface area (Å²) in [5, 5.41) is 9.89. The van der Waals surface area contributed by atoms with Gasteiger partial charge in [0.15, 0.2) is 0 Å². The van der Waals surface area contributed by atoms with Gasteiger partial charge in [-0.15, -0.1) is 0 Å². The first-order valence-corrected chi connectivity index (χ1v) is 7.91. The molecule has 0 aliphatic rings. The Hall–Kier alpha value is -2.78. The van der Waals surface area contributed by atoms with Crippen molar-refractivity contribution in [1.82, 2.24) is 0 Å². The number of aliphatic hydroxyl groups excluding tert-OH is 1. The molecule has 6 nitrogen and oxygen atoms in total. The second-order valence-corrected chi connectivity index (χ2v) is 6.66. The van der Waals surface area contributed by atoms with Crippen molar-refractivity contribution in [3.8, 4) is 0 Å². The third kappa shape index (κ3) is 4.85. The minimum atomic E-state index is -0.675. The van der Waals surface area contributed by atoms with E-state index in [9.17, 15) is 4.79 Å². The Morgan fingerprint density at radius 2 is 2.12 bits per heavy atom. The maximum Gasteiger partial charge on any atom is 0.336 e. The van der Waals surface area contributed by atoms with Crippen LogP contribution in [-0.2, 0) is 9.53 Å². The molecule has 1 N–H and O–H groups in total. The Morgan fingerprint density at radius 3 is 2.72 bits per heavy atom. The van der Waals surface area contributed by atoms with Gasteiger partial charge in [0.1, 0.15) is 16.9 Å². The summed E-state index contributed by atoms with van der Waals surface area (Å²) < 4.78 is 11.0. The molecule has 0 saturated carbocycles. The third-order valence-electron chi connectivity index (χ3n) is 3.41. The van der Waals surface area contributed by atoms with Crippen LogP contribution in [0, 0.1) is 6.57 Å². The number of rotatable bonds is 5. The van der Waals surface area contributed by atoms with Crippen LogP contribution in [0.2, 0.25) is 0 Å². The van der Waals surface area contributed by atoms with Gasteiger partial charge < -0.3 is 19.2 Å². The summed E-state index contributed by atoms with van der Waals surface area (Å²) >= 11 is 0. The van der Waals surface area contributed by atoms with Gasteiger partial charge in [-0.2, -0.15) is 0 Å². The average Bonchev–Trinajstić information content (AvgIpc) is 2.92. The van der Waals surface area contributed by atoms with Gasteiger partial charge >= 0.3 is 5.97 Å². The molecule has 0 bridgehead atoms. The second kappa shape index (κ2) is 7.41. The molecular formula is C19H22N2O4. The van der Waals surface area contributed by atoms with Crippen LogP contribution in [0.25, 0.3) is 21.9 Å². The van der Waals surface area contributed by atoms with Crippen molar-refractivity contribution in [1.29, 1.82) is 0 Å². The number of likely N-dealkylation sites (N-methyl/N-ethyl adjacent to an activating group) is 1. The molecule has 0 unspecified atom stereocenters. The Bertz CT molecular complexity index is 837. The zero-order chi connectivity index (χ0) is 18.6. The highest BCUT2D eigenvalue weighted by atomic mass is 16.6. The SMILES string of the molecule is [C-]#[N+]/C(=C\c1cc2ccc(N(C)CCO)cc2o1)C(=O)OC(C)(C)C. The first-order valence-electron chi connectivity index (χ1n) is 7.91. The number of carbonyl (C=O) groups is 1. The van der Waals surface area contributed by atoms with Crippen molar-refractivity contribution in [3.05, 3.63) is 47.1 Å². The highest BCUT2D eigenvalue weighted by Crippen LogP contribution is 2.26. The minimum Gasteiger partial charge on any atom is -0.465 e. The molecule has 2 rings (SSSR count). The lowest BCUT2D eigenvalue weighted by molar-refractivity contribution is -0.149. The molecule has 0 amide bonds. The van der Waals surface area contributed by atoms with Crippen LogP contribution < -0.4 is 4.90 Å². The van der Waals surface area contributed by atoms with Crippen LogP contribution in [0.3, 0.4) is 0 Å². The van der Waals surface area contributed by atoms with Crippen LogP contribution in [0.1, 0.15) is 26.5 Å². The summed E-state index contributed by atoms with van der Waals surface area (Å²) in [5.41, 5.74) is 0.749. The lowest BCUT2D eigenvalue weighted by Crippen LogP contribution is -2.24. The topological polar surface area (TPSA) is 67.3 Å². The molecule has 0 atom stereocenters. The highest BCUT2D eigenvalue weighted by Gasteiger charge is 2.20. The molecule has 6 heteroatoms. The van der Waals surface area contributed by atoms with Crippen LogP contribution >= 0.6 is 0 Å². The summed E-state index contributed by atoms with van der Waals surface area (Å²) in [5.74, 6) is -0.264. The Morgan fingerprint density at radius 1 is 1.40 bits per heavy atom. The standard InChI is InChI=1S/C19H22N2O4/c1-19(2,3)25-18(23)16(20-4)12-15-10-13-6-7-14(11-17(13)24-15)21(5)8-9-22/h6-7,10-12,22H,8-9H2,1-3,5H3/b16-12-. The number of aliphatic hydroxyl groups is 1. The van der Waals surface area contributed by atoms with Crippen molar-refractivity contribution >= 4 is 28.7 Å². The molecule has 0 aliphatic heterocycles. The Balaban J connectivity index is 2.31.